The molecule has 0 bridgehead atoms. The minimum atomic E-state index is 0.801. The van der Waals surface area contributed by atoms with E-state index in [0.717, 1.165) is 38.3 Å². The summed E-state index contributed by atoms with van der Waals surface area (Å²) in [5.41, 5.74) is 5.00. The van der Waals surface area contributed by atoms with Crippen LogP contribution in [0.5, 0.6) is 0 Å². The molecule has 2 heterocycles. The fraction of sp³-hybridized carbons (Fsp3) is 0.625. The van der Waals surface area contributed by atoms with Gasteiger partial charge in [-0.15, -0.1) is 0 Å². The van der Waals surface area contributed by atoms with Gasteiger partial charge in [0.2, 0.25) is 0 Å². The van der Waals surface area contributed by atoms with E-state index >= 15 is 0 Å². The zero-order valence-electron chi connectivity index (χ0n) is 13.7. The zero-order chi connectivity index (χ0) is 15.2. The highest BCUT2D eigenvalue weighted by Crippen LogP contribution is 2.15. The molecule has 2 aromatic heterocycles. The van der Waals surface area contributed by atoms with E-state index in [0.29, 0.717) is 0 Å². The van der Waals surface area contributed by atoms with Gasteiger partial charge in [0, 0.05) is 24.0 Å². The molecular formula is C16H27N5. The Hall–Kier alpha value is -1.62. The number of rotatable bonds is 8. The Labute approximate surface area is 127 Å². The van der Waals surface area contributed by atoms with Crippen LogP contribution in [-0.2, 0) is 19.5 Å². The van der Waals surface area contributed by atoms with Gasteiger partial charge in [-0.1, -0.05) is 6.92 Å². The average molecular weight is 289 g/mol. The van der Waals surface area contributed by atoms with E-state index < -0.39 is 0 Å². The van der Waals surface area contributed by atoms with Gasteiger partial charge in [0.1, 0.15) is 0 Å². The Morgan fingerprint density at radius 3 is 2.67 bits per heavy atom. The lowest BCUT2D eigenvalue weighted by Crippen LogP contribution is -2.18. The Kier molecular flexibility index (Phi) is 5.56. The third kappa shape index (κ3) is 3.94. The first-order valence-corrected chi connectivity index (χ1v) is 7.90. The Bertz CT molecular complexity index is 567. The van der Waals surface area contributed by atoms with E-state index in [1.54, 1.807) is 0 Å². The molecule has 0 spiro atoms. The van der Waals surface area contributed by atoms with Crippen LogP contribution in [0, 0.1) is 13.8 Å². The normalized spacial score (nSPS) is 11.2. The summed E-state index contributed by atoms with van der Waals surface area (Å²) in [5, 5.41) is 12.5. The summed E-state index contributed by atoms with van der Waals surface area (Å²) in [6.07, 6.45) is 6.26. The summed E-state index contributed by atoms with van der Waals surface area (Å²) in [7, 11) is 0. The van der Waals surface area contributed by atoms with Crippen LogP contribution in [-0.4, -0.2) is 32.7 Å². The first-order valence-electron chi connectivity index (χ1n) is 7.90. The highest BCUT2D eigenvalue weighted by molar-refractivity contribution is 5.25. The lowest BCUT2D eigenvalue weighted by molar-refractivity contribution is 0.645. The minimum absolute atomic E-state index is 0.801. The molecule has 21 heavy (non-hydrogen) atoms. The van der Waals surface area contributed by atoms with Crippen LogP contribution in [0.1, 0.15) is 42.8 Å². The second-order valence-electron chi connectivity index (χ2n) is 5.51. The molecule has 0 saturated carbocycles. The SMILES string of the molecule is CCCNCCc1c(C)nn(Cc2cnn(CC)c2)c1C. The molecular weight excluding hydrogens is 262 g/mol. The molecule has 0 aliphatic heterocycles. The highest BCUT2D eigenvalue weighted by atomic mass is 15.3. The molecule has 0 amide bonds. The van der Waals surface area contributed by atoms with Gasteiger partial charge in [0.05, 0.1) is 18.4 Å². The predicted octanol–water partition coefficient (Wildman–Crippen LogP) is 2.31. The molecule has 0 unspecified atom stereocenters. The van der Waals surface area contributed by atoms with Gasteiger partial charge in [-0.3, -0.25) is 9.36 Å². The molecule has 0 aromatic carbocycles. The number of nitrogens with one attached hydrogen (secondary N) is 1. The molecule has 0 atom stereocenters. The van der Waals surface area contributed by atoms with Gasteiger partial charge in [-0.25, -0.2) is 0 Å². The Balaban J connectivity index is 2.03. The van der Waals surface area contributed by atoms with E-state index in [4.69, 9.17) is 5.10 Å². The molecule has 2 rings (SSSR count). The largest absolute Gasteiger partial charge is 0.316 e. The molecule has 0 radical (unpaired) electrons. The van der Waals surface area contributed by atoms with Gasteiger partial charge in [-0.05, 0) is 52.3 Å². The summed E-state index contributed by atoms with van der Waals surface area (Å²) >= 11 is 0. The third-order valence-corrected chi connectivity index (χ3v) is 3.85. The number of hydrogen-bond acceptors (Lipinski definition) is 3. The first kappa shape index (κ1) is 15.8. The van der Waals surface area contributed by atoms with E-state index in [1.807, 2.05) is 10.9 Å². The minimum Gasteiger partial charge on any atom is -0.316 e. The lowest BCUT2D eigenvalue weighted by Gasteiger charge is -2.05. The van der Waals surface area contributed by atoms with Crippen molar-refractivity contribution in [1.29, 1.82) is 0 Å². The monoisotopic (exact) mass is 289 g/mol. The smallest absolute Gasteiger partial charge is 0.0693 e. The van der Waals surface area contributed by atoms with Crippen molar-refractivity contribution in [3.8, 4) is 0 Å². The zero-order valence-corrected chi connectivity index (χ0v) is 13.7. The standard InChI is InChI=1S/C16H27N5/c1-5-8-17-9-7-16-13(3)19-21(14(16)4)12-15-10-18-20(6-2)11-15/h10-11,17H,5-9,12H2,1-4H3. The van der Waals surface area contributed by atoms with Crippen molar-refractivity contribution < 1.29 is 0 Å². The van der Waals surface area contributed by atoms with Crippen LogP contribution < -0.4 is 5.32 Å². The van der Waals surface area contributed by atoms with Crippen molar-refractivity contribution in [2.24, 2.45) is 0 Å². The van der Waals surface area contributed by atoms with Crippen molar-refractivity contribution in [3.05, 3.63) is 34.9 Å². The third-order valence-electron chi connectivity index (χ3n) is 3.85. The van der Waals surface area contributed by atoms with Crippen LogP contribution in [0.15, 0.2) is 12.4 Å². The maximum Gasteiger partial charge on any atom is 0.0693 e. The number of nitrogens with zero attached hydrogens (tertiary/aromatic N) is 4. The van der Waals surface area contributed by atoms with Crippen LogP contribution in [0.3, 0.4) is 0 Å². The predicted molar refractivity (Wildman–Crippen MR) is 85.6 cm³/mol. The molecule has 0 aliphatic rings. The van der Waals surface area contributed by atoms with Gasteiger partial charge in [0.15, 0.2) is 0 Å². The van der Waals surface area contributed by atoms with E-state index in [-0.39, 0.29) is 0 Å². The number of hydrogen-bond donors (Lipinski definition) is 1. The molecule has 2 aromatic rings. The fourth-order valence-corrected chi connectivity index (χ4v) is 2.60. The van der Waals surface area contributed by atoms with Crippen LogP contribution in [0.4, 0.5) is 0 Å². The quantitative estimate of drug-likeness (QED) is 0.759. The number of aromatic nitrogens is 4. The van der Waals surface area contributed by atoms with Crippen LogP contribution in [0.25, 0.3) is 0 Å². The van der Waals surface area contributed by atoms with Crippen molar-refractivity contribution in [1.82, 2.24) is 24.9 Å². The molecule has 5 nitrogen and oxygen atoms in total. The van der Waals surface area contributed by atoms with Crippen molar-refractivity contribution in [3.63, 3.8) is 0 Å². The molecule has 116 valence electrons. The van der Waals surface area contributed by atoms with E-state index in [1.165, 1.54) is 23.2 Å². The first-order chi connectivity index (χ1) is 10.2. The average Bonchev–Trinajstić information content (AvgIpc) is 3.03. The van der Waals surface area contributed by atoms with Crippen LogP contribution >= 0.6 is 0 Å². The summed E-state index contributed by atoms with van der Waals surface area (Å²) in [4.78, 5) is 0. The topological polar surface area (TPSA) is 47.7 Å². The highest BCUT2D eigenvalue weighted by Gasteiger charge is 2.11. The lowest BCUT2D eigenvalue weighted by atomic mass is 10.1. The molecule has 5 heteroatoms. The van der Waals surface area contributed by atoms with Gasteiger partial charge in [0.25, 0.3) is 0 Å². The van der Waals surface area contributed by atoms with Crippen molar-refractivity contribution in [2.75, 3.05) is 13.1 Å². The summed E-state index contributed by atoms with van der Waals surface area (Å²) in [5.74, 6) is 0. The molecule has 1 N–H and O–H groups in total. The summed E-state index contributed by atoms with van der Waals surface area (Å²) in [6.45, 7) is 12.4. The number of aryl methyl sites for hydroxylation is 2. The Morgan fingerprint density at radius 2 is 2.00 bits per heavy atom. The van der Waals surface area contributed by atoms with Crippen LogP contribution in [0.2, 0.25) is 0 Å². The van der Waals surface area contributed by atoms with Crippen molar-refractivity contribution >= 4 is 0 Å². The maximum atomic E-state index is 4.69. The molecule has 0 saturated heterocycles. The molecule has 0 aliphatic carbocycles. The van der Waals surface area contributed by atoms with Gasteiger partial charge >= 0.3 is 0 Å². The second-order valence-corrected chi connectivity index (χ2v) is 5.51. The summed E-state index contributed by atoms with van der Waals surface area (Å²) < 4.78 is 4.05. The van der Waals surface area contributed by atoms with Gasteiger partial charge < -0.3 is 5.32 Å². The van der Waals surface area contributed by atoms with E-state index in [2.05, 4.69) is 49.0 Å². The fourth-order valence-electron chi connectivity index (χ4n) is 2.60. The van der Waals surface area contributed by atoms with Gasteiger partial charge in [-0.2, -0.15) is 10.2 Å². The van der Waals surface area contributed by atoms with E-state index in [9.17, 15) is 0 Å². The maximum absolute atomic E-state index is 4.69. The Morgan fingerprint density at radius 1 is 1.19 bits per heavy atom. The summed E-state index contributed by atoms with van der Waals surface area (Å²) in [6, 6.07) is 0. The second kappa shape index (κ2) is 7.41. The van der Waals surface area contributed by atoms with Crippen molar-refractivity contribution in [2.45, 2.75) is 53.6 Å². The molecule has 0 fully saturated rings.